The van der Waals surface area contributed by atoms with E-state index in [1.165, 1.54) is 12.1 Å². The Morgan fingerprint density at radius 1 is 1.31 bits per heavy atom. The maximum Gasteiger partial charge on any atom is 0.153 e. The molecular formula is C12H16O4. The highest BCUT2D eigenvalue weighted by Crippen LogP contribution is 2.22. The molecular weight excluding hydrogens is 208 g/mol. The SMILES string of the molecule is COCCCCOc1ccc(C=O)c(O)c1. The predicted molar refractivity (Wildman–Crippen MR) is 60.1 cm³/mol. The van der Waals surface area contributed by atoms with E-state index in [1.807, 2.05) is 0 Å². The number of benzene rings is 1. The van der Waals surface area contributed by atoms with Crippen molar-refractivity contribution < 1.29 is 19.4 Å². The van der Waals surface area contributed by atoms with E-state index in [2.05, 4.69) is 0 Å². The van der Waals surface area contributed by atoms with Crippen molar-refractivity contribution in [2.45, 2.75) is 12.8 Å². The number of methoxy groups -OCH3 is 1. The highest BCUT2D eigenvalue weighted by molar-refractivity contribution is 5.79. The third kappa shape index (κ3) is 3.90. The number of phenolic OH excluding ortho intramolecular Hbond substituents is 1. The highest BCUT2D eigenvalue weighted by atomic mass is 16.5. The summed E-state index contributed by atoms with van der Waals surface area (Å²) in [6, 6.07) is 4.65. The Labute approximate surface area is 94.8 Å². The Hall–Kier alpha value is -1.55. The van der Waals surface area contributed by atoms with Gasteiger partial charge >= 0.3 is 0 Å². The molecule has 4 heteroatoms. The summed E-state index contributed by atoms with van der Waals surface area (Å²) in [4.78, 5) is 10.5. The first-order valence-electron chi connectivity index (χ1n) is 5.18. The number of phenols is 1. The van der Waals surface area contributed by atoms with Gasteiger partial charge in [-0.05, 0) is 25.0 Å². The van der Waals surface area contributed by atoms with Crippen LogP contribution in [0.25, 0.3) is 0 Å². The first kappa shape index (κ1) is 12.5. The van der Waals surface area contributed by atoms with Crippen LogP contribution in [-0.2, 0) is 4.74 Å². The molecule has 1 aromatic rings. The van der Waals surface area contributed by atoms with Crippen molar-refractivity contribution in [3.05, 3.63) is 23.8 Å². The van der Waals surface area contributed by atoms with E-state index in [1.54, 1.807) is 13.2 Å². The fourth-order valence-corrected chi connectivity index (χ4v) is 1.25. The van der Waals surface area contributed by atoms with Crippen molar-refractivity contribution in [3.8, 4) is 11.5 Å². The molecule has 0 aliphatic carbocycles. The van der Waals surface area contributed by atoms with Crippen LogP contribution in [0.3, 0.4) is 0 Å². The van der Waals surface area contributed by atoms with Gasteiger partial charge < -0.3 is 14.6 Å². The van der Waals surface area contributed by atoms with Gasteiger partial charge in [0.05, 0.1) is 12.2 Å². The highest BCUT2D eigenvalue weighted by Gasteiger charge is 2.01. The number of aldehydes is 1. The molecule has 0 spiro atoms. The molecule has 0 aliphatic heterocycles. The number of carbonyl (C=O) groups excluding carboxylic acids is 1. The van der Waals surface area contributed by atoms with Gasteiger partial charge in [-0.3, -0.25) is 4.79 Å². The van der Waals surface area contributed by atoms with Gasteiger partial charge in [-0.15, -0.1) is 0 Å². The van der Waals surface area contributed by atoms with Crippen LogP contribution < -0.4 is 4.74 Å². The van der Waals surface area contributed by atoms with Crippen molar-refractivity contribution in [1.29, 1.82) is 0 Å². The number of rotatable bonds is 7. The molecule has 1 aromatic carbocycles. The Kier molecular flexibility index (Phi) is 5.36. The Morgan fingerprint density at radius 3 is 2.69 bits per heavy atom. The summed E-state index contributed by atoms with van der Waals surface area (Å²) in [6.45, 7) is 1.29. The lowest BCUT2D eigenvalue weighted by Crippen LogP contribution is -1.99. The molecule has 0 amide bonds. The van der Waals surface area contributed by atoms with Gasteiger partial charge in [0.15, 0.2) is 6.29 Å². The van der Waals surface area contributed by atoms with E-state index < -0.39 is 0 Å². The fraction of sp³-hybridized carbons (Fsp3) is 0.417. The molecule has 0 saturated heterocycles. The summed E-state index contributed by atoms with van der Waals surface area (Å²) in [6.07, 6.45) is 2.44. The normalized spacial score (nSPS) is 10.1. The number of unbranched alkanes of at least 4 members (excludes halogenated alkanes) is 1. The molecule has 0 aliphatic rings. The van der Waals surface area contributed by atoms with E-state index in [0.29, 0.717) is 18.6 Å². The summed E-state index contributed by atoms with van der Waals surface area (Å²) in [5, 5.41) is 9.40. The van der Waals surface area contributed by atoms with Gasteiger partial charge in [-0.25, -0.2) is 0 Å². The lowest BCUT2D eigenvalue weighted by molar-refractivity contribution is 0.112. The second kappa shape index (κ2) is 6.85. The molecule has 0 atom stereocenters. The second-order valence-electron chi connectivity index (χ2n) is 3.39. The van der Waals surface area contributed by atoms with Gasteiger partial charge in [0, 0.05) is 19.8 Å². The van der Waals surface area contributed by atoms with Crippen LogP contribution in [0.2, 0.25) is 0 Å². The first-order valence-corrected chi connectivity index (χ1v) is 5.18. The van der Waals surface area contributed by atoms with E-state index in [4.69, 9.17) is 9.47 Å². The maximum atomic E-state index is 10.5. The number of hydrogen-bond donors (Lipinski definition) is 1. The summed E-state index contributed by atoms with van der Waals surface area (Å²) in [5.74, 6) is 0.518. The van der Waals surface area contributed by atoms with E-state index in [-0.39, 0.29) is 11.3 Å². The van der Waals surface area contributed by atoms with Gasteiger partial charge in [0.25, 0.3) is 0 Å². The minimum Gasteiger partial charge on any atom is -0.507 e. The molecule has 4 nitrogen and oxygen atoms in total. The van der Waals surface area contributed by atoms with Gasteiger partial charge in [-0.2, -0.15) is 0 Å². The number of carbonyl (C=O) groups is 1. The monoisotopic (exact) mass is 224 g/mol. The van der Waals surface area contributed by atoms with Gasteiger partial charge in [0.1, 0.15) is 11.5 Å². The second-order valence-corrected chi connectivity index (χ2v) is 3.39. The van der Waals surface area contributed by atoms with Crippen LogP contribution in [-0.4, -0.2) is 31.7 Å². The Balaban J connectivity index is 2.37. The first-order chi connectivity index (χ1) is 7.77. The zero-order valence-electron chi connectivity index (χ0n) is 9.31. The molecule has 1 N–H and O–H groups in total. The van der Waals surface area contributed by atoms with E-state index in [0.717, 1.165) is 19.4 Å². The van der Waals surface area contributed by atoms with Crippen molar-refractivity contribution in [2.24, 2.45) is 0 Å². The Bertz CT molecular complexity index is 336. The molecule has 0 saturated carbocycles. The van der Waals surface area contributed by atoms with E-state index >= 15 is 0 Å². The zero-order valence-corrected chi connectivity index (χ0v) is 9.31. The van der Waals surface area contributed by atoms with Crippen molar-refractivity contribution in [3.63, 3.8) is 0 Å². The molecule has 88 valence electrons. The molecule has 1 rings (SSSR count). The van der Waals surface area contributed by atoms with Crippen LogP contribution in [0.4, 0.5) is 0 Å². The van der Waals surface area contributed by atoms with Crippen LogP contribution in [0.1, 0.15) is 23.2 Å². The van der Waals surface area contributed by atoms with Gasteiger partial charge in [0.2, 0.25) is 0 Å². The lowest BCUT2D eigenvalue weighted by atomic mass is 10.2. The number of ether oxygens (including phenoxy) is 2. The largest absolute Gasteiger partial charge is 0.507 e. The molecule has 0 bridgehead atoms. The van der Waals surface area contributed by atoms with Crippen LogP contribution in [0.15, 0.2) is 18.2 Å². The maximum absolute atomic E-state index is 10.5. The van der Waals surface area contributed by atoms with Crippen molar-refractivity contribution in [1.82, 2.24) is 0 Å². The average molecular weight is 224 g/mol. The lowest BCUT2D eigenvalue weighted by Gasteiger charge is -2.06. The van der Waals surface area contributed by atoms with Crippen LogP contribution in [0.5, 0.6) is 11.5 Å². The van der Waals surface area contributed by atoms with Crippen molar-refractivity contribution in [2.75, 3.05) is 20.3 Å². The molecule has 0 aromatic heterocycles. The molecule has 0 unspecified atom stereocenters. The summed E-state index contributed by atoms with van der Waals surface area (Å²) in [7, 11) is 1.66. The minimum atomic E-state index is -0.0515. The quantitative estimate of drug-likeness (QED) is 0.568. The van der Waals surface area contributed by atoms with Gasteiger partial charge in [-0.1, -0.05) is 0 Å². The zero-order chi connectivity index (χ0) is 11.8. The predicted octanol–water partition coefficient (Wildman–Crippen LogP) is 2.01. The standard InChI is InChI=1S/C12H16O4/c1-15-6-2-3-7-16-11-5-4-10(9-13)12(14)8-11/h4-5,8-9,14H,2-3,6-7H2,1H3. The third-order valence-corrected chi connectivity index (χ3v) is 2.14. The van der Waals surface area contributed by atoms with Crippen molar-refractivity contribution >= 4 is 6.29 Å². The number of aromatic hydroxyl groups is 1. The number of hydrogen-bond acceptors (Lipinski definition) is 4. The molecule has 16 heavy (non-hydrogen) atoms. The summed E-state index contributed by atoms with van der Waals surface area (Å²) in [5.41, 5.74) is 0.270. The molecule has 0 fully saturated rings. The minimum absolute atomic E-state index is 0.0515. The van der Waals surface area contributed by atoms with Crippen LogP contribution >= 0.6 is 0 Å². The summed E-state index contributed by atoms with van der Waals surface area (Å²) < 4.78 is 10.3. The van der Waals surface area contributed by atoms with E-state index in [9.17, 15) is 9.90 Å². The molecule has 0 heterocycles. The Morgan fingerprint density at radius 2 is 2.06 bits per heavy atom. The molecule has 0 radical (unpaired) electrons. The topological polar surface area (TPSA) is 55.8 Å². The van der Waals surface area contributed by atoms with Crippen LogP contribution in [0, 0.1) is 0 Å². The smallest absolute Gasteiger partial charge is 0.153 e. The fourth-order valence-electron chi connectivity index (χ4n) is 1.25. The summed E-state index contributed by atoms with van der Waals surface area (Å²) >= 11 is 0. The average Bonchev–Trinajstić information content (AvgIpc) is 2.29. The third-order valence-electron chi connectivity index (χ3n) is 2.14.